The van der Waals surface area contributed by atoms with Crippen LogP contribution in [0.4, 0.5) is 23.4 Å². The number of anilines is 3. The largest absolute Gasteiger partial charge is 0.490 e. The second kappa shape index (κ2) is 25.1. The number of aliphatic hydroxyl groups excluding tert-OH is 4. The summed E-state index contributed by atoms with van der Waals surface area (Å²) in [6, 6.07) is 1.44. The number of phosphoric acid groups is 5. The van der Waals surface area contributed by atoms with Crippen LogP contribution in [0.5, 0.6) is 0 Å². The van der Waals surface area contributed by atoms with Crippen LogP contribution in [0.3, 0.4) is 0 Å². The molecule has 0 radical (unpaired) electrons. The van der Waals surface area contributed by atoms with Crippen LogP contribution in [0.25, 0.3) is 22.3 Å². The first-order valence-electron chi connectivity index (χ1n) is 24.3. The fourth-order valence-electron chi connectivity index (χ4n) is 9.44. The molecule has 0 bridgehead atoms. The van der Waals surface area contributed by atoms with E-state index in [1.54, 1.807) is 7.05 Å². The molecular formula is C37H54N14O30P5+. The lowest BCUT2D eigenvalue weighted by molar-refractivity contribution is -0.398. The maximum Gasteiger partial charge on any atom is 0.490 e. The van der Waals surface area contributed by atoms with Gasteiger partial charge in [-0.2, -0.15) is 23.2 Å². The van der Waals surface area contributed by atoms with Crippen molar-refractivity contribution >= 4 is 91.1 Å². The van der Waals surface area contributed by atoms with Crippen LogP contribution in [-0.2, 0) is 82.4 Å². The van der Waals surface area contributed by atoms with Gasteiger partial charge in [0.1, 0.15) is 61.7 Å². The Balaban J connectivity index is 0.831. The lowest BCUT2D eigenvalue weighted by Gasteiger charge is -2.44. The zero-order valence-corrected chi connectivity index (χ0v) is 48.5. The average molecular weight is 1330 g/mol. The number of aliphatic hydroxyl groups is 4. The molecule has 0 saturated carbocycles. The first-order valence-corrected chi connectivity index (χ1v) is 31.8. The smallest absolute Gasteiger partial charge is 0.388 e. The Morgan fingerprint density at radius 2 is 1.17 bits per heavy atom. The van der Waals surface area contributed by atoms with Gasteiger partial charge in [0.15, 0.2) is 53.5 Å². The summed E-state index contributed by atoms with van der Waals surface area (Å²) < 4.78 is 128. The van der Waals surface area contributed by atoms with E-state index in [4.69, 9.17) is 63.6 Å². The maximum atomic E-state index is 13.2. The number of aromatic amines is 3. The standard InChI is InChI=1S/C37H53N14O30P5/c1-48-7-14(13-6-18(38)43-31(56)21(13)48)24-22(52)25(69-2)15(76-24)8-74-84(63,64)80-86(67,68)81-85(65,66)75-10-17-32(57)51(33(58)35(78-17)50-12-42-20-28(50)45-37(40)47-30(20)55)71-4-5-72-83(61,62)73-9-16-26(79-82(59,60)70-3)23(53)34(77-16)49-11-41-19-27(49)44-36(39)46-29(19)54/h6-7,11-12,14-17,22-26,32-35,52-53,57-58H,4-5,8-10H2,1-3H3,(H13-,38,39,40,43,44,45,46,47,54,55,56,59,60,61,62,63,64,65,66,67,68)/p+1/t14?,15-,16-,17?,22?,23+,24+,25?,26?,32?,33?,34-,35?/m1/s1. The number of nitrogens with two attached hydrogens (primary N) is 3. The first kappa shape index (κ1) is 65.4. The van der Waals surface area contributed by atoms with Crippen LogP contribution in [0, 0.1) is 0 Å². The minimum absolute atomic E-state index is 0.00726. The number of hydroxylamine groups is 2. The number of methoxy groups -OCH3 is 1. The summed E-state index contributed by atoms with van der Waals surface area (Å²) in [6.45, 7) is -5.37. The monoisotopic (exact) mass is 1330 g/mol. The number of phosphoric ester groups is 4. The van der Waals surface area contributed by atoms with E-state index in [0.29, 0.717) is 10.6 Å². The first-order chi connectivity index (χ1) is 40.2. The van der Waals surface area contributed by atoms with Gasteiger partial charge in [-0.05, 0) is 6.07 Å². The zero-order valence-electron chi connectivity index (χ0n) is 44.0. The molecule has 0 aliphatic carbocycles. The Kier molecular flexibility index (Phi) is 19.1. The van der Waals surface area contributed by atoms with Crippen LogP contribution >= 0.6 is 39.1 Å². The molecule has 5 aromatic heterocycles. The van der Waals surface area contributed by atoms with Crippen molar-refractivity contribution in [1.82, 2.24) is 49.1 Å². The summed E-state index contributed by atoms with van der Waals surface area (Å²) in [7, 11) is -24.8. The molecule has 4 aliphatic rings. The van der Waals surface area contributed by atoms with Crippen molar-refractivity contribution in [2.75, 3.05) is 71.5 Å². The van der Waals surface area contributed by atoms with E-state index in [0.717, 1.165) is 36.0 Å². The molecular weight excluding hydrogens is 1280 g/mol. The molecule has 18 N–H and O–H groups in total. The maximum absolute atomic E-state index is 13.2. The molecule has 3 saturated heterocycles. The van der Waals surface area contributed by atoms with Crippen LogP contribution in [0.1, 0.15) is 23.9 Å². The number of rotatable bonds is 25. The number of hydrogen-bond acceptors (Lipinski definition) is 33. The van der Waals surface area contributed by atoms with Crippen LogP contribution in [0.2, 0.25) is 0 Å². The van der Waals surface area contributed by atoms with E-state index in [9.17, 15) is 82.1 Å². The number of nitrogen functional groups attached to an aromatic ring is 3. The molecule has 476 valence electrons. The van der Waals surface area contributed by atoms with E-state index in [2.05, 4.69) is 48.0 Å². The van der Waals surface area contributed by atoms with Crippen LogP contribution in [-0.4, -0.2) is 220 Å². The van der Waals surface area contributed by atoms with Gasteiger partial charge in [-0.15, -0.1) is 5.06 Å². The van der Waals surface area contributed by atoms with E-state index < -0.39 is 180 Å². The third kappa shape index (κ3) is 14.0. The van der Waals surface area contributed by atoms with E-state index >= 15 is 0 Å². The lowest BCUT2D eigenvalue weighted by Crippen LogP contribution is -2.60. The normalized spacial score (nSPS) is 30.6. The minimum atomic E-state index is -6.23. The van der Waals surface area contributed by atoms with E-state index in [1.165, 1.54) is 16.9 Å². The van der Waals surface area contributed by atoms with Crippen molar-refractivity contribution in [3.05, 3.63) is 55.3 Å². The highest BCUT2D eigenvalue weighted by molar-refractivity contribution is 7.66. The number of H-pyrrole nitrogens is 3. The van der Waals surface area contributed by atoms with Crippen molar-refractivity contribution in [3.63, 3.8) is 0 Å². The summed E-state index contributed by atoms with van der Waals surface area (Å²) >= 11 is 0. The highest BCUT2D eigenvalue weighted by atomic mass is 31.3. The summed E-state index contributed by atoms with van der Waals surface area (Å²) in [6.07, 6.45) is -17.7. The summed E-state index contributed by atoms with van der Waals surface area (Å²) in [4.78, 5) is 118. The molecule has 0 amide bonds. The minimum Gasteiger partial charge on any atom is -0.388 e. The van der Waals surface area contributed by atoms with Crippen molar-refractivity contribution in [2.45, 2.75) is 79.7 Å². The number of nitrogens with one attached hydrogen (secondary N) is 3. The molecule has 9 rings (SSSR count). The number of imidazole rings is 2. The number of morpholine rings is 1. The second-order valence-electron chi connectivity index (χ2n) is 18.6. The van der Waals surface area contributed by atoms with Gasteiger partial charge >= 0.3 is 44.7 Å². The number of ether oxygens (including phenoxy) is 4. The third-order valence-electron chi connectivity index (χ3n) is 13.0. The number of aromatic nitrogens is 9. The summed E-state index contributed by atoms with van der Waals surface area (Å²) in [5, 5.41) is 45.6. The molecule has 18 atom stereocenters. The number of fused-ring (bicyclic) bond motifs is 3. The van der Waals surface area contributed by atoms with Crippen molar-refractivity contribution < 1.29 is 132 Å². The van der Waals surface area contributed by atoms with E-state index in [-0.39, 0.29) is 34.3 Å². The quantitative estimate of drug-likeness (QED) is 0.0149. The fourth-order valence-corrected chi connectivity index (χ4v) is 14.3. The molecule has 4 aliphatic heterocycles. The van der Waals surface area contributed by atoms with Gasteiger partial charge in [0, 0.05) is 19.8 Å². The van der Waals surface area contributed by atoms with Crippen LogP contribution in [0.15, 0.2) is 33.1 Å². The second-order valence-corrected chi connectivity index (χ2v) is 26.2. The molecule has 86 heavy (non-hydrogen) atoms. The summed E-state index contributed by atoms with van der Waals surface area (Å²) in [5.41, 5.74) is 14.3. The fraction of sp³-hybridized carbons (Fsp3) is 0.568. The van der Waals surface area contributed by atoms with Crippen molar-refractivity contribution in [1.29, 1.82) is 0 Å². The molecule has 0 spiro atoms. The Morgan fingerprint density at radius 1 is 0.640 bits per heavy atom. The predicted molar refractivity (Wildman–Crippen MR) is 277 cm³/mol. The van der Waals surface area contributed by atoms with Gasteiger partial charge in [0.25, 0.3) is 16.8 Å². The molecule has 0 aromatic carbocycles. The highest BCUT2D eigenvalue weighted by Gasteiger charge is 2.54. The Morgan fingerprint density at radius 3 is 1.74 bits per heavy atom. The zero-order chi connectivity index (χ0) is 62.7. The SMILES string of the molecule is COC1C(O)[C@H](C2C=[N+](C)c3c2cc(N)[nH]c3=O)O[C@@H]1COP(=O)(O)OP(=O)(O)OP(=O)(O)OCC1OC(n2cnc3c(=O)[nH]c(N)nc32)C(O)N(OCCOP(=O)(O)OC[C@H]2O[C@@H](n3cnc4c(=O)[nH]c(N)nc43)[C@@H](O)C2OP(=O)(O)OC)C1O. The molecule has 3 fully saturated rings. The molecule has 9 heterocycles. The number of nitrogens with zero attached hydrogens (tertiary/aromatic N) is 8. The molecule has 5 aromatic rings. The van der Waals surface area contributed by atoms with Gasteiger partial charge in [-0.1, -0.05) is 0 Å². The Hall–Kier alpha value is -5.05. The molecule has 44 nitrogen and oxygen atoms in total. The van der Waals surface area contributed by atoms with Gasteiger partial charge in [0.05, 0.1) is 51.6 Å². The van der Waals surface area contributed by atoms with Crippen molar-refractivity contribution in [3.8, 4) is 0 Å². The van der Waals surface area contributed by atoms with Crippen molar-refractivity contribution in [2.24, 2.45) is 0 Å². The Labute approximate surface area is 477 Å². The summed E-state index contributed by atoms with van der Waals surface area (Å²) in [5.74, 6) is -1.68. The number of pyridine rings is 1. The Bertz CT molecular complexity index is 3830. The highest BCUT2D eigenvalue weighted by Crippen LogP contribution is 2.68. The van der Waals surface area contributed by atoms with Gasteiger partial charge in [0.2, 0.25) is 11.9 Å². The molecule has 13 unspecified atom stereocenters. The average Bonchev–Trinajstić information content (AvgIpc) is 1.92. The van der Waals surface area contributed by atoms with Gasteiger partial charge in [-0.3, -0.25) is 65.5 Å². The lowest BCUT2D eigenvalue weighted by atomic mass is 9.91. The molecule has 49 heteroatoms. The van der Waals surface area contributed by atoms with Gasteiger partial charge < -0.3 is 86.0 Å². The topological polar surface area (TPSA) is 632 Å². The van der Waals surface area contributed by atoms with E-state index in [1.807, 2.05) is 0 Å². The number of hydrogen-bond donors (Lipinski definition) is 15. The van der Waals surface area contributed by atoms with Crippen LogP contribution < -0.4 is 33.9 Å². The third-order valence-corrected chi connectivity index (χ3v) is 19.2. The predicted octanol–water partition coefficient (Wildman–Crippen LogP) is -4.37. The van der Waals surface area contributed by atoms with Gasteiger partial charge in [-0.25, -0.2) is 32.8 Å².